The van der Waals surface area contributed by atoms with Gasteiger partial charge in [-0.15, -0.1) is 0 Å². The van der Waals surface area contributed by atoms with Gasteiger partial charge in [-0.2, -0.15) is 4.98 Å². The summed E-state index contributed by atoms with van der Waals surface area (Å²) in [5.41, 5.74) is 0.824. The van der Waals surface area contributed by atoms with E-state index in [-0.39, 0.29) is 11.6 Å². The Hall–Kier alpha value is -2.44. The number of aryl methyl sites for hydroxylation is 1. The van der Waals surface area contributed by atoms with Crippen LogP contribution < -0.4 is 10.6 Å². The Morgan fingerprint density at radius 1 is 0.920 bits per heavy atom. The number of para-hydroxylation sites is 1. The van der Waals surface area contributed by atoms with Crippen molar-refractivity contribution >= 4 is 46.3 Å². The molecule has 25 heavy (non-hydrogen) atoms. The average Bonchev–Trinajstić information content (AvgIpc) is 2.54. The molecule has 0 saturated heterocycles. The third-order valence-corrected chi connectivity index (χ3v) is 3.81. The van der Waals surface area contributed by atoms with E-state index in [4.69, 9.17) is 23.2 Å². The standard InChI is InChI=1S/C17H12Cl2F2N4/c1-9-7-15(23-14-8-10(18)5-6-11(14)19)24-17(22-9)25-16-12(20)3-2-4-13(16)21/h2-8H,1H3,(H2,22,23,24,25). The van der Waals surface area contributed by atoms with Gasteiger partial charge in [0.2, 0.25) is 5.95 Å². The maximum absolute atomic E-state index is 13.8. The van der Waals surface area contributed by atoms with Crippen LogP contribution in [0.2, 0.25) is 10.0 Å². The van der Waals surface area contributed by atoms with E-state index in [1.807, 2.05) is 0 Å². The number of nitrogens with zero attached hydrogens (tertiary/aromatic N) is 2. The summed E-state index contributed by atoms with van der Waals surface area (Å²) < 4.78 is 27.6. The van der Waals surface area contributed by atoms with Crippen molar-refractivity contribution in [3.63, 3.8) is 0 Å². The molecule has 8 heteroatoms. The molecule has 0 aliphatic heterocycles. The van der Waals surface area contributed by atoms with E-state index in [1.165, 1.54) is 6.07 Å². The molecule has 4 nitrogen and oxygen atoms in total. The summed E-state index contributed by atoms with van der Waals surface area (Å²) in [6.07, 6.45) is 0. The van der Waals surface area contributed by atoms with Crippen LogP contribution >= 0.6 is 23.2 Å². The monoisotopic (exact) mass is 380 g/mol. The van der Waals surface area contributed by atoms with Gasteiger partial charge in [-0.3, -0.25) is 0 Å². The van der Waals surface area contributed by atoms with Crippen molar-refractivity contribution in [2.45, 2.75) is 6.92 Å². The number of rotatable bonds is 4. The number of hydrogen-bond donors (Lipinski definition) is 2. The molecule has 0 atom stereocenters. The number of hydrogen-bond acceptors (Lipinski definition) is 4. The second kappa shape index (κ2) is 7.21. The van der Waals surface area contributed by atoms with Crippen LogP contribution in [0.4, 0.5) is 31.9 Å². The largest absolute Gasteiger partial charge is 0.339 e. The Kier molecular flexibility index (Phi) is 5.01. The lowest BCUT2D eigenvalue weighted by Crippen LogP contribution is -2.05. The average molecular weight is 381 g/mol. The van der Waals surface area contributed by atoms with Gasteiger partial charge in [0.05, 0.1) is 10.7 Å². The maximum Gasteiger partial charge on any atom is 0.229 e. The smallest absolute Gasteiger partial charge is 0.229 e. The zero-order valence-corrected chi connectivity index (χ0v) is 14.5. The summed E-state index contributed by atoms with van der Waals surface area (Å²) in [6.45, 7) is 1.73. The van der Waals surface area contributed by atoms with Crippen LogP contribution in [0.15, 0.2) is 42.5 Å². The van der Waals surface area contributed by atoms with Gasteiger partial charge in [-0.25, -0.2) is 13.8 Å². The molecule has 0 saturated carbocycles. The molecule has 128 valence electrons. The minimum absolute atomic E-state index is 0.0460. The molecular weight excluding hydrogens is 369 g/mol. The van der Waals surface area contributed by atoms with Crippen LogP contribution in [0.25, 0.3) is 0 Å². The fourth-order valence-corrected chi connectivity index (χ4v) is 2.49. The zero-order chi connectivity index (χ0) is 18.0. The van der Waals surface area contributed by atoms with Gasteiger partial charge >= 0.3 is 0 Å². The maximum atomic E-state index is 13.8. The summed E-state index contributed by atoms with van der Waals surface area (Å²) in [7, 11) is 0. The highest BCUT2D eigenvalue weighted by Crippen LogP contribution is 2.29. The van der Waals surface area contributed by atoms with Crippen molar-refractivity contribution in [3.8, 4) is 0 Å². The summed E-state index contributed by atoms with van der Waals surface area (Å²) in [4.78, 5) is 8.35. The van der Waals surface area contributed by atoms with E-state index in [2.05, 4.69) is 20.6 Å². The Labute approximate surface area is 152 Å². The van der Waals surface area contributed by atoms with Crippen LogP contribution in [0.1, 0.15) is 5.69 Å². The first kappa shape index (κ1) is 17.4. The quantitative estimate of drug-likeness (QED) is 0.595. The Balaban J connectivity index is 1.92. The molecule has 3 rings (SSSR count). The van der Waals surface area contributed by atoms with Gasteiger partial charge in [-0.05, 0) is 37.3 Å². The number of benzene rings is 2. The van der Waals surface area contributed by atoms with E-state index in [0.29, 0.717) is 27.2 Å². The lowest BCUT2D eigenvalue weighted by atomic mass is 10.3. The molecule has 0 fully saturated rings. The number of anilines is 4. The summed E-state index contributed by atoms with van der Waals surface area (Å²) >= 11 is 12.1. The zero-order valence-electron chi connectivity index (χ0n) is 12.9. The van der Waals surface area contributed by atoms with Crippen LogP contribution in [0.5, 0.6) is 0 Å². The van der Waals surface area contributed by atoms with Crippen molar-refractivity contribution in [2.75, 3.05) is 10.6 Å². The van der Waals surface area contributed by atoms with Crippen molar-refractivity contribution in [2.24, 2.45) is 0 Å². The van der Waals surface area contributed by atoms with E-state index in [0.717, 1.165) is 12.1 Å². The van der Waals surface area contributed by atoms with E-state index in [1.54, 1.807) is 31.2 Å². The van der Waals surface area contributed by atoms with Crippen LogP contribution in [0.3, 0.4) is 0 Å². The summed E-state index contributed by atoms with van der Waals surface area (Å²) in [5.74, 6) is -1.03. The summed E-state index contributed by atoms with van der Waals surface area (Å²) in [5, 5.41) is 6.53. The fourth-order valence-electron chi connectivity index (χ4n) is 2.15. The highest BCUT2D eigenvalue weighted by Gasteiger charge is 2.11. The molecule has 0 spiro atoms. The third-order valence-electron chi connectivity index (χ3n) is 3.24. The van der Waals surface area contributed by atoms with Crippen molar-refractivity contribution in [1.29, 1.82) is 0 Å². The normalized spacial score (nSPS) is 10.6. The van der Waals surface area contributed by atoms with Crippen LogP contribution in [0, 0.1) is 18.6 Å². The van der Waals surface area contributed by atoms with Gasteiger partial charge in [0.1, 0.15) is 23.1 Å². The van der Waals surface area contributed by atoms with E-state index < -0.39 is 11.6 Å². The molecule has 0 aliphatic rings. The van der Waals surface area contributed by atoms with E-state index in [9.17, 15) is 8.78 Å². The predicted molar refractivity (Wildman–Crippen MR) is 96.2 cm³/mol. The van der Waals surface area contributed by atoms with E-state index >= 15 is 0 Å². The fraction of sp³-hybridized carbons (Fsp3) is 0.0588. The lowest BCUT2D eigenvalue weighted by Gasteiger charge is -2.12. The minimum atomic E-state index is -0.738. The Morgan fingerprint density at radius 3 is 2.36 bits per heavy atom. The molecular formula is C17H12Cl2F2N4. The lowest BCUT2D eigenvalue weighted by molar-refractivity contribution is 0.590. The molecule has 1 aromatic heterocycles. The molecule has 3 aromatic rings. The second-order valence-corrected chi connectivity index (χ2v) is 6.03. The molecule has 0 amide bonds. The summed E-state index contributed by atoms with van der Waals surface area (Å²) in [6, 6.07) is 10.2. The molecule has 0 unspecified atom stereocenters. The predicted octanol–water partition coefficient (Wildman–Crippen LogP) is 5.86. The SMILES string of the molecule is Cc1cc(Nc2cc(Cl)ccc2Cl)nc(Nc2c(F)cccc2F)n1. The minimum Gasteiger partial charge on any atom is -0.339 e. The van der Waals surface area contributed by atoms with Crippen molar-refractivity contribution < 1.29 is 8.78 Å². The molecule has 2 aromatic carbocycles. The topological polar surface area (TPSA) is 49.8 Å². The highest BCUT2D eigenvalue weighted by molar-refractivity contribution is 6.35. The Morgan fingerprint density at radius 2 is 1.64 bits per heavy atom. The molecule has 0 radical (unpaired) electrons. The van der Waals surface area contributed by atoms with Gasteiger partial charge in [0, 0.05) is 16.8 Å². The Bertz CT molecular complexity index is 914. The first-order valence-corrected chi connectivity index (χ1v) is 7.97. The second-order valence-electron chi connectivity index (χ2n) is 5.19. The van der Waals surface area contributed by atoms with Crippen molar-refractivity contribution in [3.05, 3.63) is 69.8 Å². The molecule has 1 heterocycles. The van der Waals surface area contributed by atoms with Crippen molar-refractivity contribution in [1.82, 2.24) is 9.97 Å². The third kappa shape index (κ3) is 4.15. The van der Waals surface area contributed by atoms with Crippen LogP contribution in [-0.4, -0.2) is 9.97 Å². The van der Waals surface area contributed by atoms with Gasteiger partial charge in [-0.1, -0.05) is 29.3 Å². The molecule has 2 N–H and O–H groups in total. The number of halogens is 4. The van der Waals surface area contributed by atoms with Gasteiger partial charge in [0.25, 0.3) is 0 Å². The van der Waals surface area contributed by atoms with Gasteiger partial charge in [0.15, 0.2) is 0 Å². The van der Waals surface area contributed by atoms with Crippen LogP contribution in [-0.2, 0) is 0 Å². The first-order chi connectivity index (χ1) is 11.9. The number of nitrogens with one attached hydrogen (secondary N) is 2. The van der Waals surface area contributed by atoms with Gasteiger partial charge < -0.3 is 10.6 Å². The number of aromatic nitrogens is 2. The molecule has 0 aliphatic carbocycles. The highest BCUT2D eigenvalue weighted by atomic mass is 35.5. The first-order valence-electron chi connectivity index (χ1n) is 7.21. The molecule has 0 bridgehead atoms.